The predicted octanol–water partition coefficient (Wildman–Crippen LogP) is 5.40. The zero-order valence-electron chi connectivity index (χ0n) is 17.7. The van der Waals surface area contributed by atoms with Crippen LogP contribution in [0.25, 0.3) is 16.0 Å². The van der Waals surface area contributed by atoms with Crippen LogP contribution in [0.3, 0.4) is 0 Å². The highest BCUT2D eigenvalue weighted by Gasteiger charge is 2.22. The van der Waals surface area contributed by atoms with E-state index in [1.54, 1.807) is 35.2 Å². The minimum atomic E-state index is -0.344. The standard InChI is InChI=1S/C25H22N2O3S2/c1-30-24(29)17-13-11-16(12-14-17)15-31-25-26-21-22(28)19-9-5-6-10-20(19)32-23(21)27(25)18-7-3-2-4-8-18/h2-4,7-8,11-14H,5-6,9-10,15H2,1H3. The molecule has 0 atom stereocenters. The van der Waals surface area contributed by atoms with Crippen LogP contribution < -0.4 is 5.43 Å². The molecule has 0 radical (unpaired) electrons. The van der Waals surface area contributed by atoms with E-state index in [1.807, 2.05) is 42.5 Å². The van der Waals surface area contributed by atoms with Gasteiger partial charge in [0.25, 0.3) is 0 Å². The SMILES string of the molecule is COC(=O)c1ccc(CSc2nc3c(=O)c4c(sc3n2-c2ccccc2)CCCC4)cc1. The Morgan fingerprint density at radius 1 is 1.09 bits per heavy atom. The zero-order valence-corrected chi connectivity index (χ0v) is 19.3. The van der Waals surface area contributed by atoms with Crippen LogP contribution in [0.5, 0.6) is 0 Å². The first kappa shape index (κ1) is 21.0. The van der Waals surface area contributed by atoms with E-state index in [1.165, 1.54) is 12.0 Å². The maximum atomic E-state index is 13.3. The molecule has 162 valence electrons. The number of imidazole rings is 1. The number of para-hydroxylation sites is 1. The van der Waals surface area contributed by atoms with Crippen molar-refractivity contribution in [1.29, 1.82) is 0 Å². The Hall–Kier alpha value is -2.90. The second-order valence-corrected chi connectivity index (χ2v) is 9.76. The molecular weight excluding hydrogens is 440 g/mol. The third kappa shape index (κ3) is 3.87. The van der Waals surface area contributed by atoms with E-state index in [-0.39, 0.29) is 11.4 Å². The van der Waals surface area contributed by atoms with Gasteiger partial charge in [0.15, 0.2) is 5.16 Å². The van der Waals surface area contributed by atoms with Gasteiger partial charge in [-0.25, -0.2) is 9.78 Å². The van der Waals surface area contributed by atoms with Crippen molar-refractivity contribution in [1.82, 2.24) is 9.55 Å². The second kappa shape index (κ2) is 8.92. The number of hydrogen-bond donors (Lipinski definition) is 0. The number of aryl methyl sites for hydroxylation is 1. The Morgan fingerprint density at radius 3 is 2.59 bits per heavy atom. The van der Waals surface area contributed by atoms with E-state index >= 15 is 0 Å². The van der Waals surface area contributed by atoms with E-state index in [0.717, 1.165) is 52.5 Å². The molecule has 1 aliphatic rings. The van der Waals surface area contributed by atoms with Crippen molar-refractivity contribution in [3.8, 4) is 5.69 Å². The van der Waals surface area contributed by atoms with Gasteiger partial charge in [-0.3, -0.25) is 9.36 Å². The number of carbonyl (C=O) groups is 1. The number of fused-ring (bicyclic) bond motifs is 2. The summed E-state index contributed by atoms with van der Waals surface area (Å²) in [6.07, 6.45) is 4.04. The summed E-state index contributed by atoms with van der Waals surface area (Å²) >= 11 is 3.31. The molecule has 0 fully saturated rings. The lowest BCUT2D eigenvalue weighted by Gasteiger charge is -2.14. The third-order valence-electron chi connectivity index (χ3n) is 5.69. The number of aromatic nitrogens is 2. The molecular formula is C25H22N2O3S2. The molecule has 32 heavy (non-hydrogen) atoms. The van der Waals surface area contributed by atoms with Crippen molar-refractivity contribution < 1.29 is 9.53 Å². The van der Waals surface area contributed by atoms with Crippen molar-refractivity contribution in [3.05, 3.63) is 86.4 Å². The van der Waals surface area contributed by atoms with Crippen LogP contribution >= 0.6 is 23.1 Å². The molecule has 0 spiro atoms. The number of nitrogens with zero attached hydrogens (tertiary/aromatic N) is 2. The number of thioether (sulfide) groups is 1. The molecule has 2 heterocycles. The van der Waals surface area contributed by atoms with Gasteiger partial charge in [-0.1, -0.05) is 42.1 Å². The first-order valence-electron chi connectivity index (χ1n) is 10.6. The highest BCUT2D eigenvalue weighted by Crippen LogP contribution is 2.34. The number of carbonyl (C=O) groups excluding carboxylic acids is 1. The van der Waals surface area contributed by atoms with Gasteiger partial charge in [-0.15, -0.1) is 11.3 Å². The molecule has 0 amide bonds. The summed E-state index contributed by atoms with van der Waals surface area (Å²) in [7, 11) is 1.38. The minimum Gasteiger partial charge on any atom is -0.465 e. The molecule has 2 aromatic heterocycles. The minimum absolute atomic E-state index is 0.0902. The average molecular weight is 463 g/mol. The molecule has 0 aliphatic heterocycles. The number of benzene rings is 2. The maximum Gasteiger partial charge on any atom is 0.337 e. The van der Waals surface area contributed by atoms with Gasteiger partial charge in [0.2, 0.25) is 5.43 Å². The summed E-state index contributed by atoms with van der Waals surface area (Å²) in [6, 6.07) is 17.5. The molecule has 5 rings (SSSR count). The average Bonchev–Trinajstić information content (AvgIpc) is 3.22. The lowest BCUT2D eigenvalue weighted by Crippen LogP contribution is -2.15. The van der Waals surface area contributed by atoms with Crippen LogP contribution in [-0.2, 0) is 23.3 Å². The molecule has 1 aliphatic carbocycles. The van der Waals surface area contributed by atoms with Gasteiger partial charge in [-0.05, 0) is 55.5 Å². The molecule has 0 saturated carbocycles. The van der Waals surface area contributed by atoms with Crippen molar-refractivity contribution in [2.24, 2.45) is 0 Å². The first-order chi connectivity index (χ1) is 15.7. The van der Waals surface area contributed by atoms with E-state index in [9.17, 15) is 9.59 Å². The lowest BCUT2D eigenvalue weighted by atomic mass is 9.98. The van der Waals surface area contributed by atoms with Gasteiger partial charge in [0.1, 0.15) is 10.3 Å². The summed E-state index contributed by atoms with van der Waals surface area (Å²) in [5.41, 5.74) is 4.22. The van der Waals surface area contributed by atoms with Gasteiger partial charge >= 0.3 is 5.97 Å². The monoisotopic (exact) mass is 462 g/mol. The van der Waals surface area contributed by atoms with Crippen molar-refractivity contribution in [2.45, 2.75) is 36.6 Å². The summed E-state index contributed by atoms with van der Waals surface area (Å²) in [5.74, 6) is 0.333. The van der Waals surface area contributed by atoms with Crippen LogP contribution in [0.4, 0.5) is 0 Å². The Bertz CT molecular complexity index is 1340. The number of ether oxygens (including phenoxy) is 1. The summed E-state index contributed by atoms with van der Waals surface area (Å²) < 4.78 is 6.89. The van der Waals surface area contributed by atoms with E-state index in [0.29, 0.717) is 16.8 Å². The zero-order chi connectivity index (χ0) is 22.1. The van der Waals surface area contributed by atoms with Crippen molar-refractivity contribution >= 4 is 39.4 Å². The van der Waals surface area contributed by atoms with Crippen LogP contribution in [0, 0.1) is 0 Å². The normalized spacial score (nSPS) is 13.2. The smallest absolute Gasteiger partial charge is 0.337 e. The topological polar surface area (TPSA) is 61.2 Å². The fraction of sp³-hybridized carbons (Fsp3) is 0.240. The Balaban J connectivity index is 1.55. The van der Waals surface area contributed by atoms with Gasteiger partial charge in [-0.2, -0.15) is 0 Å². The summed E-state index contributed by atoms with van der Waals surface area (Å²) in [4.78, 5) is 31.9. The van der Waals surface area contributed by atoms with E-state index in [4.69, 9.17) is 9.72 Å². The number of esters is 1. The van der Waals surface area contributed by atoms with Crippen LogP contribution in [0.1, 0.15) is 39.2 Å². The highest BCUT2D eigenvalue weighted by atomic mass is 32.2. The fourth-order valence-corrected chi connectivity index (χ4v) is 6.37. The van der Waals surface area contributed by atoms with Crippen LogP contribution in [-0.4, -0.2) is 22.6 Å². The molecule has 2 aromatic carbocycles. The first-order valence-corrected chi connectivity index (χ1v) is 12.4. The largest absolute Gasteiger partial charge is 0.465 e. The Kier molecular flexibility index (Phi) is 5.85. The number of hydrogen-bond acceptors (Lipinski definition) is 6. The molecule has 0 unspecified atom stereocenters. The highest BCUT2D eigenvalue weighted by molar-refractivity contribution is 7.98. The molecule has 0 bridgehead atoms. The van der Waals surface area contributed by atoms with Crippen molar-refractivity contribution in [2.75, 3.05) is 7.11 Å². The number of methoxy groups -OCH3 is 1. The quantitative estimate of drug-likeness (QED) is 0.293. The lowest BCUT2D eigenvalue weighted by molar-refractivity contribution is 0.0600. The summed E-state index contributed by atoms with van der Waals surface area (Å²) in [6.45, 7) is 0. The number of rotatable bonds is 5. The molecule has 0 saturated heterocycles. The van der Waals surface area contributed by atoms with Crippen LogP contribution in [0.2, 0.25) is 0 Å². The molecule has 0 N–H and O–H groups in total. The Labute approximate surface area is 194 Å². The van der Waals surface area contributed by atoms with Gasteiger partial charge in [0.05, 0.1) is 12.7 Å². The fourth-order valence-electron chi connectivity index (χ4n) is 4.02. The second-order valence-electron chi connectivity index (χ2n) is 7.74. The Morgan fingerprint density at radius 2 is 1.84 bits per heavy atom. The summed E-state index contributed by atoms with van der Waals surface area (Å²) in [5, 5.41) is 0.805. The van der Waals surface area contributed by atoms with E-state index < -0.39 is 0 Å². The third-order valence-corrected chi connectivity index (χ3v) is 7.96. The molecule has 7 heteroatoms. The van der Waals surface area contributed by atoms with Crippen molar-refractivity contribution in [3.63, 3.8) is 0 Å². The van der Waals surface area contributed by atoms with Crippen LogP contribution in [0.15, 0.2) is 64.5 Å². The van der Waals surface area contributed by atoms with Gasteiger partial charge < -0.3 is 4.74 Å². The molecule has 4 aromatic rings. The predicted molar refractivity (Wildman–Crippen MR) is 129 cm³/mol. The van der Waals surface area contributed by atoms with Gasteiger partial charge in [0, 0.05) is 21.9 Å². The maximum absolute atomic E-state index is 13.3. The van der Waals surface area contributed by atoms with E-state index in [2.05, 4.69) is 4.57 Å². The molecule has 5 nitrogen and oxygen atoms in total.